The van der Waals surface area contributed by atoms with E-state index < -0.39 is 0 Å². The monoisotopic (exact) mass is 248 g/mol. The van der Waals surface area contributed by atoms with Gasteiger partial charge in [0.05, 0.1) is 0 Å². The fourth-order valence-corrected chi connectivity index (χ4v) is 5.12. The van der Waals surface area contributed by atoms with Gasteiger partial charge in [0.1, 0.15) is 0 Å². The zero-order chi connectivity index (χ0) is 12.1. The van der Waals surface area contributed by atoms with Gasteiger partial charge in [0, 0.05) is 12.5 Å². The Morgan fingerprint density at radius 1 is 1.06 bits per heavy atom. The maximum Gasteiger partial charge on any atom is 0.223 e. The summed E-state index contributed by atoms with van der Waals surface area (Å²) in [7, 11) is 0. The van der Waals surface area contributed by atoms with Crippen LogP contribution in [0.15, 0.2) is 0 Å². The van der Waals surface area contributed by atoms with Crippen molar-refractivity contribution in [1.82, 2.24) is 10.6 Å². The van der Waals surface area contributed by atoms with Crippen LogP contribution in [0.5, 0.6) is 0 Å². The molecule has 0 aromatic rings. The van der Waals surface area contributed by atoms with E-state index in [1.54, 1.807) is 0 Å². The lowest BCUT2D eigenvalue weighted by atomic mass is 9.97. The average Bonchev–Trinajstić information content (AvgIpc) is 2.86. The predicted molar refractivity (Wildman–Crippen MR) is 69.9 cm³/mol. The van der Waals surface area contributed by atoms with Gasteiger partial charge in [-0.15, -0.1) is 0 Å². The molecule has 3 saturated carbocycles. The number of hydrogen-bond acceptors (Lipinski definition) is 2. The first-order valence-electron chi connectivity index (χ1n) is 7.83. The van der Waals surface area contributed by atoms with Crippen LogP contribution in [0.2, 0.25) is 0 Å². The van der Waals surface area contributed by atoms with E-state index in [4.69, 9.17) is 0 Å². The van der Waals surface area contributed by atoms with Gasteiger partial charge in [0.2, 0.25) is 5.91 Å². The van der Waals surface area contributed by atoms with Crippen molar-refractivity contribution in [2.45, 2.75) is 32.1 Å². The molecule has 1 aliphatic heterocycles. The van der Waals surface area contributed by atoms with Crippen LogP contribution < -0.4 is 10.6 Å². The lowest BCUT2D eigenvalue weighted by Crippen LogP contribution is -2.37. The van der Waals surface area contributed by atoms with Gasteiger partial charge in [-0.3, -0.25) is 4.79 Å². The lowest BCUT2D eigenvalue weighted by Gasteiger charge is -2.23. The maximum absolute atomic E-state index is 12.3. The molecule has 0 radical (unpaired) electrons. The molecule has 0 spiro atoms. The molecule has 0 aromatic heterocycles. The van der Waals surface area contributed by atoms with E-state index in [0.29, 0.717) is 17.7 Å². The molecule has 3 nitrogen and oxygen atoms in total. The van der Waals surface area contributed by atoms with Crippen molar-refractivity contribution in [2.75, 3.05) is 19.6 Å². The highest BCUT2D eigenvalue weighted by Gasteiger charge is 2.67. The second-order valence-electron chi connectivity index (χ2n) is 6.95. The number of carbonyl (C=O) groups excluding carboxylic acids is 1. The first kappa shape index (κ1) is 11.3. The van der Waals surface area contributed by atoms with Gasteiger partial charge in [-0.1, -0.05) is 0 Å². The van der Waals surface area contributed by atoms with E-state index in [-0.39, 0.29) is 0 Å². The van der Waals surface area contributed by atoms with Crippen LogP contribution in [0, 0.1) is 35.5 Å². The number of carbonyl (C=O) groups is 1. The highest BCUT2D eigenvalue weighted by atomic mass is 16.2. The van der Waals surface area contributed by atoms with Crippen molar-refractivity contribution < 1.29 is 4.79 Å². The molecule has 1 amide bonds. The molecule has 0 aromatic carbocycles. The minimum absolute atomic E-state index is 0.389. The van der Waals surface area contributed by atoms with Crippen molar-refractivity contribution in [3.8, 4) is 0 Å². The molecule has 2 bridgehead atoms. The second-order valence-corrected chi connectivity index (χ2v) is 6.95. The van der Waals surface area contributed by atoms with Crippen LogP contribution >= 0.6 is 0 Å². The van der Waals surface area contributed by atoms with Crippen LogP contribution in [0.25, 0.3) is 0 Å². The van der Waals surface area contributed by atoms with Crippen LogP contribution in [0.4, 0.5) is 0 Å². The summed E-state index contributed by atoms with van der Waals surface area (Å²) in [6, 6.07) is 0. The molecule has 18 heavy (non-hydrogen) atoms. The summed E-state index contributed by atoms with van der Waals surface area (Å²) >= 11 is 0. The quantitative estimate of drug-likeness (QED) is 0.792. The zero-order valence-electron chi connectivity index (χ0n) is 11.0. The van der Waals surface area contributed by atoms with Crippen molar-refractivity contribution in [2.24, 2.45) is 35.5 Å². The Kier molecular flexibility index (Phi) is 2.65. The lowest BCUT2D eigenvalue weighted by molar-refractivity contribution is -0.123. The first-order chi connectivity index (χ1) is 8.84. The molecule has 2 N–H and O–H groups in total. The van der Waals surface area contributed by atoms with Crippen LogP contribution in [-0.4, -0.2) is 25.5 Å². The summed E-state index contributed by atoms with van der Waals surface area (Å²) in [4.78, 5) is 12.3. The molecule has 4 rings (SSSR count). The highest BCUT2D eigenvalue weighted by Crippen LogP contribution is 2.69. The number of piperidine rings is 1. The number of nitrogens with one attached hydrogen (secondary N) is 2. The smallest absolute Gasteiger partial charge is 0.223 e. The Morgan fingerprint density at radius 2 is 1.72 bits per heavy atom. The molecule has 100 valence electrons. The summed E-state index contributed by atoms with van der Waals surface area (Å²) in [5.41, 5.74) is 0. The van der Waals surface area contributed by atoms with Crippen molar-refractivity contribution in [3.05, 3.63) is 0 Å². The Morgan fingerprint density at radius 3 is 2.39 bits per heavy atom. The fourth-order valence-electron chi connectivity index (χ4n) is 5.12. The maximum atomic E-state index is 12.3. The normalized spacial score (nSPS) is 45.9. The predicted octanol–water partition coefficient (Wildman–Crippen LogP) is 1.39. The van der Waals surface area contributed by atoms with E-state index >= 15 is 0 Å². The van der Waals surface area contributed by atoms with E-state index in [0.717, 1.165) is 43.3 Å². The summed E-state index contributed by atoms with van der Waals surface area (Å²) in [5, 5.41) is 6.62. The van der Waals surface area contributed by atoms with Crippen molar-refractivity contribution >= 4 is 5.91 Å². The van der Waals surface area contributed by atoms with E-state index in [2.05, 4.69) is 10.6 Å². The zero-order valence-corrected chi connectivity index (χ0v) is 11.0. The van der Waals surface area contributed by atoms with Crippen LogP contribution in [0.3, 0.4) is 0 Å². The molecule has 3 heteroatoms. The average molecular weight is 248 g/mol. The number of fused-ring (bicyclic) bond motifs is 5. The summed E-state index contributed by atoms with van der Waals surface area (Å²) in [5.74, 6) is 4.92. The van der Waals surface area contributed by atoms with Crippen LogP contribution in [-0.2, 0) is 4.79 Å². The molecular formula is C15H24N2O. The van der Waals surface area contributed by atoms with Gasteiger partial charge in [-0.2, -0.15) is 0 Å². The van der Waals surface area contributed by atoms with Crippen molar-refractivity contribution in [1.29, 1.82) is 0 Å². The fraction of sp³-hybridized carbons (Fsp3) is 0.933. The largest absolute Gasteiger partial charge is 0.356 e. The Balaban J connectivity index is 1.28. The third-order valence-electron chi connectivity index (χ3n) is 6.06. The van der Waals surface area contributed by atoms with Gasteiger partial charge in [-0.05, 0) is 74.8 Å². The molecule has 1 heterocycles. The molecule has 4 atom stereocenters. The minimum Gasteiger partial charge on any atom is -0.356 e. The second kappa shape index (κ2) is 4.22. The van der Waals surface area contributed by atoms with Gasteiger partial charge in [0.15, 0.2) is 0 Å². The summed E-state index contributed by atoms with van der Waals surface area (Å²) in [6.45, 7) is 3.17. The molecule has 1 saturated heterocycles. The third-order valence-corrected chi connectivity index (χ3v) is 6.06. The molecule has 4 unspecified atom stereocenters. The highest BCUT2D eigenvalue weighted by molar-refractivity contribution is 5.82. The van der Waals surface area contributed by atoms with Gasteiger partial charge in [0.25, 0.3) is 0 Å². The molecular weight excluding hydrogens is 224 g/mol. The van der Waals surface area contributed by atoms with Gasteiger partial charge >= 0.3 is 0 Å². The Labute approximate surface area is 109 Å². The van der Waals surface area contributed by atoms with E-state index in [9.17, 15) is 4.79 Å². The number of hydrogen-bond donors (Lipinski definition) is 2. The summed E-state index contributed by atoms with van der Waals surface area (Å²) in [6.07, 6.45) is 6.70. The Bertz CT molecular complexity index is 334. The first-order valence-corrected chi connectivity index (χ1v) is 7.83. The molecule has 4 fully saturated rings. The Hall–Kier alpha value is -0.570. The summed E-state index contributed by atoms with van der Waals surface area (Å²) < 4.78 is 0. The van der Waals surface area contributed by atoms with E-state index in [1.807, 2.05) is 0 Å². The topological polar surface area (TPSA) is 41.1 Å². The van der Waals surface area contributed by atoms with Crippen molar-refractivity contribution in [3.63, 3.8) is 0 Å². The van der Waals surface area contributed by atoms with Crippen LogP contribution in [0.1, 0.15) is 32.1 Å². The van der Waals surface area contributed by atoms with E-state index in [1.165, 1.54) is 32.1 Å². The molecule has 4 aliphatic rings. The SMILES string of the molecule is O=C(NCC1CCNCC1)C1C2C3CCC(C3)C12. The minimum atomic E-state index is 0.389. The van der Waals surface area contributed by atoms with Gasteiger partial charge < -0.3 is 10.6 Å². The standard InChI is InChI=1S/C15H24N2O/c18-15(17-8-9-3-5-16-6-4-9)14-12-10-1-2-11(7-10)13(12)14/h9-14,16H,1-8H2,(H,17,18). The number of amides is 1. The number of rotatable bonds is 3. The molecule has 3 aliphatic carbocycles. The third kappa shape index (κ3) is 1.70. The van der Waals surface area contributed by atoms with Gasteiger partial charge in [-0.25, -0.2) is 0 Å².